The zero-order chi connectivity index (χ0) is 15.0. The van der Waals surface area contributed by atoms with Gasteiger partial charge in [0.25, 0.3) is 0 Å². The average molecular weight is 296 g/mol. The van der Waals surface area contributed by atoms with Gasteiger partial charge < -0.3 is 19.6 Å². The number of ether oxygens (including phenoxy) is 2. The second-order valence-electron chi connectivity index (χ2n) is 5.26. The second kappa shape index (κ2) is 5.53. The van der Waals surface area contributed by atoms with Crippen LogP contribution in [0.1, 0.15) is 32.2 Å². The quantitative estimate of drug-likeness (QED) is 0.883. The van der Waals surface area contributed by atoms with E-state index in [0.29, 0.717) is 22.9 Å². The Hall–Kier alpha value is -1.80. The summed E-state index contributed by atoms with van der Waals surface area (Å²) in [5.41, 5.74) is 1.01. The minimum atomic E-state index is -1.20. The lowest BCUT2D eigenvalue weighted by molar-refractivity contribution is -0.00874. The summed E-state index contributed by atoms with van der Waals surface area (Å²) in [7, 11) is 0. The molecule has 0 spiro atoms. The molecule has 1 saturated heterocycles. The molecule has 2 N–H and O–H groups in total. The summed E-state index contributed by atoms with van der Waals surface area (Å²) in [6.45, 7) is 3.43. The number of hydrogen-bond donors (Lipinski definition) is 2. The number of aliphatic hydroxyl groups is 1. The van der Waals surface area contributed by atoms with Gasteiger partial charge in [-0.3, -0.25) is 0 Å². The zero-order valence-electron chi connectivity index (χ0n) is 11.8. The molecule has 1 aliphatic rings. The summed E-state index contributed by atoms with van der Waals surface area (Å²) in [5, 5.41) is 9.05. The highest BCUT2D eigenvalue weighted by Gasteiger charge is 2.37. The van der Waals surface area contributed by atoms with E-state index in [1.165, 1.54) is 6.33 Å². The van der Waals surface area contributed by atoms with E-state index in [9.17, 15) is 4.39 Å². The van der Waals surface area contributed by atoms with Crippen LogP contribution in [0.3, 0.4) is 0 Å². The van der Waals surface area contributed by atoms with Crippen molar-refractivity contribution in [2.75, 3.05) is 6.61 Å². The van der Waals surface area contributed by atoms with E-state index in [4.69, 9.17) is 14.6 Å². The molecule has 1 aliphatic heterocycles. The van der Waals surface area contributed by atoms with Gasteiger partial charge in [-0.25, -0.2) is 14.4 Å². The van der Waals surface area contributed by atoms with Gasteiger partial charge in [0.15, 0.2) is 11.2 Å². The fourth-order valence-corrected chi connectivity index (χ4v) is 2.33. The molecule has 21 heavy (non-hydrogen) atoms. The van der Waals surface area contributed by atoms with Gasteiger partial charge in [0, 0.05) is 6.42 Å². The highest BCUT2D eigenvalue weighted by molar-refractivity contribution is 5.75. The minimum absolute atomic E-state index is 0.0417. The topological polar surface area (TPSA) is 93.2 Å². The molecule has 7 nitrogen and oxygen atoms in total. The van der Waals surface area contributed by atoms with E-state index in [1.807, 2.05) is 13.8 Å². The first-order valence-corrected chi connectivity index (χ1v) is 6.86. The molecule has 0 bridgehead atoms. The highest BCUT2D eigenvalue weighted by atomic mass is 19.1. The van der Waals surface area contributed by atoms with Crippen LogP contribution in [0.15, 0.2) is 6.33 Å². The number of nitrogens with zero attached hydrogens (tertiary/aromatic N) is 3. The number of aliphatic hydroxyl groups excluding tert-OH is 1. The van der Waals surface area contributed by atoms with E-state index >= 15 is 0 Å². The van der Waals surface area contributed by atoms with Crippen molar-refractivity contribution in [3.05, 3.63) is 12.2 Å². The number of alkyl halides is 1. The van der Waals surface area contributed by atoms with Crippen LogP contribution >= 0.6 is 0 Å². The molecule has 0 radical (unpaired) electrons. The van der Waals surface area contributed by atoms with Crippen LogP contribution in [0.25, 0.3) is 11.2 Å². The maximum atomic E-state index is 13.7. The fourth-order valence-electron chi connectivity index (χ4n) is 2.33. The van der Waals surface area contributed by atoms with Gasteiger partial charge >= 0.3 is 0 Å². The van der Waals surface area contributed by atoms with Gasteiger partial charge in [0.05, 0.1) is 12.7 Å². The normalized spacial score (nSPS) is 25.9. The van der Waals surface area contributed by atoms with Crippen molar-refractivity contribution in [2.24, 2.45) is 0 Å². The van der Waals surface area contributed by atoms with Crippen LogP contribution in [0, 0.1) is 0 Å². The lowest BCUT2D eigenvalue weighted by Crippen LogP contribution is -2.20. The highest BCUT2D eigenvalue weighted by Crippen LogP contribution is 2.34. The van der Waals surface area contributed by atoms with Crippen molar-refractivity contribution >= 4 is 11.2 Å². The smallest absolute Gasteiger partial charge is 0.245 e. The van der Waals surface area contributed by atoms with Crippen molar-refractivity contribution in [3.8, 4) is 5.88 Å². The van der Waals surface area contributed by atoms with Crippen molar-refractivity contribution in [3.63, 3.8) is 0 Å². The summed E-state index contributed by atoms with van der Waals surface area (Å²) in [6, 6.07) is 0. The fraction of sp³-hybridized carbons (Fsp3) is 0.615. The second-order valence-corrected chi connectivity index (χ2v) is 5.26. The van der Waals surface area contributed by atoms with E-state index < -0.39 is 18.4 Å². The molecular formula is C13H17FN4O3. The minimum Gasteiger partial charge on any atom is -0.473 e. The molecule has 0 amide bonds. The third-order valence-corrected chi connectivity index (χ3v) is 3.28. The van der Waals surface area contributed by atoms with Crippen LogP contribution in [0.2, 0.25) is 0 Å². The summed E-state index contributed by atoms with van der Waals surface area (Å²) in [6.07, 6.45) is -1.05. The number of halogens is 1. The molecule has 0 aromatic carbocycles. The zero-order valence-corrected chi connectivity index (χ0v) is 11.8. The van der Waals surface area contributed by atoms with Crippen molar-refractivity contribution in [2.45, 2.75) is 44.8 Å². The molecule has 8 heteroatoms. The maximum absolute atomic E-state index is 13.7. The molecule has 0 aliphatic carbocycles. The van der Waals surface area contributed by atoms with Crippen LogP contribution in [0.4, 0.5) is 4.39 Å². The summed E-state index contributed by atoms with van der Waals surface area (Å²) in [5.74, 6) is 0.851. The van der Waals surface area contributed by atoms with Gasteiger partial charge in [0.2, 0.25) is 5.88 Å². The summed E-state index contributed by atoms with van der Waals surface area (Å²) < 4.78 is 24.7. The maximum Gasteiger partial charge on any atom is 0.245 e. The molecule has 114 valence electrons. The first kappa shape index (κ1) is 14.2. The first-order valence-electron chi connectivity index (χ1n) is 6.86. The molecule has 3 heterocycles. The third kappa shape index (κ3) is 2.68. The van der Waals surface area contributed by atoms with Gasteiger partial charge in [-0.05, 0) is 13.8 Å². The van der Waals surface area contributed by atoms with Crippen molar-refractivity contribution < 1.29 is 19.0 Å². The van der Waals surface area contributed by atoms with Crippen LogP contribution in [-0.4, -0.2) is 50.0 Å². The van der Waals surface area contributed by atoms with Crippen molar-refractivity contribution in [1.82, 2.24) is 19.9 Å². The van der Waals surface area contributed by atoms with Crippen LogP contribution < -0.4 is 4.74 Å². The predicted octanol–water partition coefficient (Wildman–Crippen LogP) is 1.30. The van der Waals surface area contributed by atoms with Gasteiger partial charge in [0.1, 0.15) is 30.5 Å². The number of rotatable bonds is 4. The molecular weight excluding hydrogens is 279 g/mol. The Morgan fingerprint density at radius 2 is 2.33 bits per heavy atom. The average Bonchev–Trinajstić information content (AvgIpc) is 3.01. The van der Waals surface area contributed by atoms with Crippen molar-refractivity contribution in [1.29, 1.82) is 0 Å². The van der Waals surface area contributed by atoms with E-state index in [0.717, 1.165) is 0 Å². The number of hydrogen-bond acceptors (Lipinski definition) is 6. The molecule has 3 atom stereocenters. The first-order chi connectivity index (χ1) is 10.1. The molecule has 2 aromatic heterocycles. The number of H-pyrrole nitrogens is 1. The SMILES string of the molecule is CC(C)Oc1ncnc2[nH]c(C3C[C@H](F)[C@@H](CO)O3)nc12. The lowest BCUT2D eigenvalue weighted by atomic mass is 10.1. The lowest BCUT2D eigenvalue weighted by Gasteiger charge is -2.09. The number of nitrogens with one attached hydrogen (secondary N) is 1. The van der Waals surface area contributed by atoms with Crippen LogP contribution in [-0.2, 0) is 4.74 Å². The summed E-state index contributed by atoms with van der Waals surface area (Å²) >= 11 is 0. The Balaban J connectivity index is 1.91. The molecule has 0 saturated carbocycles. The van der Waals surface area contributed by atoms with E-state index in [-0.39, 0.29) is 19.1 Å². The number of aromatic amines is 1. The van der Waals surface area contributed by atoms with Crippen LogP contribution in [0.5, 0.6) is 5.88 Å². The number of aromatic nitrogens is 4. The predicted molar refractivity (Wildman–Crippen MR) is 71.7 cm³/mol. The molecule has 1 fully saturated rings. The molecule has 3 rings (SSSR count). The Labute approximate surface area is 120 Å². The van der Waals surface area contributed by atoms with E-state index in [1.54, 1.807) is 0 Å². The number of imidazole rings is 1. The Morgan fingerprint density at radius 3 is 3.00 bits per heavy atom. The molecule has 1 unspecified atom stereocenters. The molecule has 2 aromatic rings. The van der Waals surface area contributed by atoms with Gasteiger partial charge in [-0.2, -0.15) is 4.98 Å². The largest absolute Gasteiger partial charge is 0.473 e. The monoisotopic (exact) mass is 296 g/mol. The number of fused-ring (bicyclic) bond motifs is 1. The van der Waals surface area contributed by atoms with Gasteiger partial charge in [-0.1, -0.05) is 0 Å². The van der Waals surface area contributed by atoms with E-state index in [2.05, 4.69) is 19.9 Å². The standard InChI is InChI=1S/C13H17FN4O3/c1-6(2)20-13-10-12(15-5-16-13)18-11(17-10)8-3-7(14)9(4-19)21-8/h5-9,19H,3-4H2,1-2H3,(H,15,16,17,18)/t7-,8?,9+/m0/s1. The third-order valence-electron chi connectivity index (χ3n) is 3.28. The Morgan fingerprint density at radius 1 is 1.52 bits per heavy atom. The Bertz CT molecular complexity index is 633. The van der Waals surface area contributed by atoms with Gasteiger partial charge in [-0.15, -0.1) is 0 Å². The summed E-state index contributed by atoms with van der Waals surface area (Å²) in [4.78, 5) is 15.5. The Kier molecular flexibility index (Phi) is 3.73.